The molecule has 0 saturated carbocycles. The van der Waals surface area contributed by atoms with Crippen LogP contribution in [-0.4, -0.2) is 16.4 Å². The van der Waals surface area contributed by atoms with E-state index in [1.165, 1.54) is 25.7 Å². The quantitative estimate of drug-likeness (QED) is 0.389. The van der Waals surface area contributed by atoms with Gasteiger partial charge < -0.3 is 9.79 Å². The molecule has 0 aliphatic heterocycles. The number of hydrogen-bond acceptors (Lipinski definition) is 2. The predicted octanol–water partition coefficient (Wildman–Crippen LogP) is 2.84. The summed E-state index contributed by atoms with van der Waals surface area (Å²) in [5.41, 5.74) is 0. The Morgan fingerprint density at radius 1 is 1.00 bits per heavy atom. The summed E-state index contributed by atoms with van der Waals surface area (Å²) in [6.45, 7) is 2.34. The third-order valence-electron chi connectivity index (χ3n) is 2.01. The van der Waals surface area contributed by atoms with E-state index in [9.17, 15) is 4.57 Å². The van der Waals surface area contributed by atoms with E-state index < -0.39 is 7.82 Å². The molecule has 0 aliphatic carbocycles. The molecule has 2 N–H and O–H groups in total. The summed E-state index contributed by atoms with van der Waals surface area (Å²) >= 11 is 0. The van der Waals surface area contributed by atoms with Crippen molar-refractivity contribution >= 4 is 7.82 Å². The fraction of sp³-hybridized carbons (Fsp3) is 1.00. The second-order valence-electron chi connectivity index (χ2n) is 3.45. The van der Waals surface area contributed by atoms with Gasteiger partial charge in [0.05, 0.1) is 6.61 Å². The molecule has 0 fully saturated rings. The molecule has 88 valence electrons. The Morgan fingerprint density at radius 2 is 1.47 bits per heavy atom. The van der Waals surface area contributed by atoms with Crippen molar-refractivity contribution in [3.63, 3.8) is 0 Å². The molecule has 0 saturated heterocycles. The van der Waals surface area contributed by atoms with E-state index in [4.69, 9.17) is 9.79 Å². The van der Waals surface area contributed by atoms with Gasteiger partial charge in [0.1, 0.15) is 0 Å². The van der Waals surface area contributed by atoms with Crippen molar-refractivity contribution < 1.29 is 38.4 Å². The molecule has 0 aromatic rings. The SMILES string of the molecule is CCCCCCCCCOP(=O)(O)O.[Zn]. The van der Waals surface area contributed by atoms with Crippen molar-refractivity contribution in [3.05, 3.63) is 0 Å². The zero-order valence-corrected chi connectivity index (χ0v) is 13.4. The first-order chi connectivity index (χ1) is 6.56. The molecule has 0 amide bonds. The molecule has 6 heteroatoms. The molecular weight excluding hydrogens is 268 g/mol. The van der Waals surface area contributed by atoms with Gasteiger partial charge in [0.15, 0.2) is 0 Å². The topological polar surface area (TPSA) is 66.8 Å². The van der Waals surface area contributed by atoms with Crippen molar-refractivity contribution in [3.8, 4) is 0 Å². The zero-order chi connectivity index (χ0) is 10.9. The molecule has 4 nitrogen and oxygen atoms in total. The number of phosphoric ester groups is 1. The second-order valence-corrected chi connectivity index (χ2v) is 4.68. The van der Waals surface area contributed by atoms with E-state index in [1.807, 2.05) is 0 Å². The van der Waals surface area contributed by atoms with Crippen molar-refractivity contribution in [1.82, 2.24) is 0 Å². The minimum absolute atomic E-state index is 0. The molecule has 0 atom stereocenters. The molecule has 0 unspecified atom stereocenters. The minimum atomic E-state index is -4.23. The van der Waals surface area contributed by atoms with E-state index in [1.54, 1.807) is 0 Å². The van der Waals surface area contributed by atoms with Gasteiger partial charge in [0.2, 0.25) is 0 Å². The number of hydrogen-bond donors (Lipinski definition) is 2. The summed E-state index contributed by atoms with van der Waals surface area (Å²) in [4.78, 5) is 16.8. The molecule has 0 bridgehead atoms. The normalized spacial score (nSPS) is 11.1. The van der Waals surface area contributed by atoms with Crippen LogP contribution in [0.15, 0.2) is 0 Å². The Balaban J connectivity index is 0. The summed E-state index contributed by atoms with van der Waals surface area (Å²) < 4.78 is 14.6. The van der Waals surface area contributed by atoms with Crippen molar-refractivity contribution in [2.75, 3.05) is 6.61 Å². The minimum Gasteiger partial charge on any atom is -0.303 e. The number of unbranched alkanes of at least 4 members (excludes halogenated alkanes) is 6. The molecule has 0 aromatic carbocycles. The third kappa shape index (κ3) is 17.4. The van der Waals surface area contributed by atoms with Gasteiger partial charge in [0, 0.05) is 19.5 Å². The van der Waals surface area contributed by atoms with Gasteiger partial charge in [-0.3, -0.25) is 4.52 Å². The summed E-state index contributed by atoms with van der Waals surface area (Å²) in [5.74, 6) is 0. The average Bonchev–Trinajstić information content (AvgIpc) is 2.08. The standard InChI is InChI=1S/C9H21O4P.Zn/c1-2-3-4-5-6-7-8-9-13-14(10,11)12;/h2-9H2,1H3,(H2,10,11,12);. The van der Waals surface area contributed by atoms with Crippen LogP contribution in [-0.2, 0) is 28.6 Å². The Labute approximate surface area is 105 Å². The Kier molecular flexibility index (Phi) is 13.6. The first-order valence-electron chi connectivity index (χ1n) is 5.26. The van der Waals surface area contributed by atoms with Crippen molar-refractivity contribution in [1.29, 1.82) is 0 Å². The molecule has 0 aromatic heterocycles. The van der Waals surface area contributed by atoms with Crippen molar-refractivity contribution in [2.45, 2.75) is 51.9 Å². The first kappa shape index (κ1) is 18.1. The first-order valence-corrected chi connectivity index (χ1v) is 6.79. The van der Waals surface area contributed by atoms with E-state index in [-0.39, 0.29) is 26.1 Å². The molecule has 0 aliphatic rings. The Bertz CT molecular complexity index is 171. The van der Waals surface area contributed by atoms with E-state index in [0.29, 0.717) is 0 Å². The fourth-order valence-corrected chi connectivity index (χ4v) is 1.61. The van der Waals surface area contributed by atoms with Crippen LogP contribution in [0.2, 0.25) is 0 Å². The summed E-state index contributed by atoms with van der Waals surface area (Å²) in [6.07, 6.45) is 7.84. The molecule has 0 radical (unpaired) electrons. The van der Waals surface area contributed by atoms with Gasteiger partial charge in [-0.15, -0.1) is 0 Å². The van der Waals surface area contributed by atoms with Crippen LogP contribution in [0.5, 0.6) is 0 Å². The monoisotopic (exact) mass is 288 g/mol. The zero-order valence-electron chi connectivity index (χ0n) is 9.52. The van der Waals surface area contributed by atoms with Crippen LogP contribution in [0.4, 0.5) is 0 Å². The Morgan fingerprint density at radius 3 is 1.93 bits per heavy atom. The van der Waals surface area contributed by atoms with Crippen LogP contribution in [0.3, 0.4) is 0 Å². The smallest absolute Gasteiger partial charge is 0.303 e. The van der Waals surface area contributed by atoms with Crippen LogP contribution < -0.4 is 0 Å². The van der Waals surface area contributed by atoms with Gasteiger partial charge in [0.25, 0.3) is 0 Å². The van der Waals surface area contributed by atoms with Crippen LogP contribution in [0.1, 0.15) is 51.9 Å². The molecule has 0 heterocycles. The van der Waals surface area contributed by atoms with Crippen LogP contribution in [0.25, 0.3) is 0 Å². The molecule has 0 rings (SSSR count). The molecule has 0 spiro atoms. The number of phosphoric acid groups is 1. The maximum atomic E-state index is 10.3. The van der Waals surface area contributed by atoms with Crippen LogP contribution in [0, 0.1) is 0 Å². The van der Waals surface area contributed by atoms with E-state index in [0.717, 1.165) is 19.3 Å². The van der Waals surface area contributed by atoms with Gasteiger partial charge >= 0.3 is 7.82 Å². The Hall–Kier alpha value is 0.733. The molecular formula is C9H21O4PZn. The summed E-state index contributed by atoms with van der Waals surface area (Å²) in [6, 6.07) is 0. The second kappa shape index (κ2) is 11.2. The van der Waals surface area contributed by atoms with Gasteiger partial charge in [-0.25, -0.2) is 4.57 Å². The van der Waals surface area contributed by atoms with E-state index in [2.05, 4.69) is 11.4 Å². The van der Waals surface area contributed by atoms with Gasteiger partial charge in [-0.05, 0) is 6.42 Å². The van der Waals surface area contributed by atoms with Crippen molar-refractivity contribution in [2.24, 2.45) is 0 Å². The van der Waals surface area contributed by atoms with Gasteiger partial charge in [-0.2, -0.15) is 0 Å². The fourth-order valence-electron chi connectivity index (χ4n) is 1.24. The maximum Gasteiger partial charge on any atom is 0.469 e. The van der Waals surface area contributed by atoms with Crippen LogP contribution >= 0.6 is 7.82 Å². The van der Waals surface area contributed by atoms with E-state index >= 15 is 0 Å². The third-order valence-corrected chi connectivity index (χ3v) is 2.53. The average molecular weight is 290 g/mol. The predicted molar refractivity (Wildman–Crippen MR) is 56.0 cm³/mol. The largest absolute Gasteiger partial charge is 0.469 e. The number of rotatable bonds is 9. The maximum absolute atomic E-state index is 10.3. The summed E-state index contributed by atoms with van der Waals surface area (Å²) in [5, 5.41) is 0. The summed E-state index contributed by atoms with van der Waals surface area (Å²) in [7, 11) is -4.23. The molecule has 15 heavy (non-hydrogen) atoms. The van der Waals surface area contributed by atoms with Gasteiger partial charge in [-0.1, -0.05) is 45.4 Å².